The first-order valence-corrected chi connectivity index (χ1v) is 8.88. The number of fused-ring (bicyclic) bond motifs is 1. The Balaban J connectivity index is 2.05. The minimum Gasteiger partial charge on any atom is -0.269 e. The summed E-state index contributed by atoms with van der Waals surface area (Å²) < 4.78 is 27.1. The molecule has 0 atom stereocenters. The third-order valence-electron chi connectivity index (χ3n) is 4.23. The average Bonchev–Trinajstić information content (AvgIpc) is 2.56. The maximum atomic E-state index is 12.9. The van der Waals surface area contributed by atoms with Crippen molar-refractivity contribution >= 4 is 26.5 Å². The lowest BCUT2D eigenvalue weighted by Gasteiger charge is -2.20. The van der Waals surface area contributed by atoms with Crippen molar-refractivity contribution in [3.8, 4) is 0 Å². The van der Waals surface area contributed by atoms with Gasteiger partial charge in [0.2, 0.25) is 0 Å². The summed E-state index contributed by atoms with van der Waals surface area (Å²) in [6, 6.07) is 18.8. The molecule has 118 valence electrons. The number of nitrogens with zero attached hydrogens (tertiary/aromatic N) is 1. The van der Waals surface area contributed by atoms with Gasteiger partial charge in [-0.25, -0.2) is 8.42 Å². The summed E-state index contributed by atoms with van der Waals surface area (Å²) in [6.45, 7) is 3.89. The molecule has 3 nitrogen and oxygen atoms in total. The molecule has 3 aromatic rings. The van der Waals surface area contributed by atoms with Crippen LogP contribution in [0.1, 0.15) is 11.1 Å². The molecule has 0 N–H and O–H groups in total. The topological polar surface area (TPSA) is 37.4 Å². The van der Waals surface area contributed by atoms with Gasteiger partial charge in [-0.05, 0) is 60.0 Å². The molecule has 3 aromatic carbocycles. The second kappa shape index (κ2) is 5.70. The molecule has 0 aliphatic heterocycles. The summed E-state index contributed by atoms with van der Waals surface area (Å²) in [4.78, 5) is 0.316. The van der Waals surface area contributed by atoms with Crippen molar-refractivity contribution in [3.63, 3.8) is 0 Å². The van der Waals surface area contributed by atoms with E-state index in [1.165, 1.54) is 4.31 Å². The van der Waals surface area contributed by atoms with E-state index in [2.05, 4.69) is 0 Å². The molecule has 0 saturated heterocycles. The maximum Gasteiger partial charge on any atom is 0.264 e. The van der Waals surface area contributed by atoms with Gasteiger partial charge in [0.25, 0.3) is 10.0 Å². The van der Waals surface area contributed by atoms with Crippen LogP contribution in [0.4, 0.5) is 5.69 Å². The normalized spacial score (nSPS) is 11.6. The first-order chi connectivity index (χ1) is 10.9. The molecule has 0 fully saturated rings. The molecule has 0 unspecified atom stereocenters. The third kappa shape index (κ3) is 2.82. The van der Waals surface area contributed by atoms with Crippen LogP contribution in [-0.4, -0.2) is 15.5 Å². The second-order valence-corrected chi connectivity index (χ2v) is 7.72. The zero-order valence-corrected chi connectivity index (χ0v) is 14.3. The summed E-state index contributed by atoms with van der Waals surface area (Å²) in [7, 11) is -1.97. The summed E-state index contributed by atoms with van der Waals surface area (Å²) in [5.74, 6) is 0. The van der Waals surface area contributed by atoms with E-state index < -0.39 is 10.0 Å². The molecule has 4 heteroatoms. The minimum absolute atomic E-state index is 0.316. The summed E-state index contributed by atoms with van der Waals surface area (Å²) in [6.07, 6.45) is 0. The highest BCUT2D eigenvalue weighted by molar-refractivity contribution is 7.92. The van der Waals surface area contributed by atoms with Crippen molar-refractivity contribution in [1.82, 2.24) is 0 Å². The zero-order chi connectivity index (χ0) is 16.6. The molecule has 0 spiro atoms. The van der Waals surface area contributed by atoms with Gasteiger partial charge >= 0.3 is 0 Å². The summed E-state index contributed by atoms with van der Waals surface area (Å²) in [5.41, 5.74) is 2.71. The number of benzene rings is 3. The smallest absolute Gasteiger partial charge is 0.264 e. The molecule has 3 rings (SSSR count). The van der Waals surface area contributed by atoms with Crippen LogP contribution in [0.5, 0.6) is 0 Å². The van der Waals surface area contributed by atoms with Crippen LogP contribution in [0.3, 0.4) is 0 Å². The Morgan fingerprint density at radius 3 is 2.17 bits per heavy atom. The van der Waals surface area contributed by atoms with E-state index in [9.17, 15) is 8.42 Å². The Bertz CT molecular complexity index is 978. The molecular weight excluding hydrogens is 306 g/mol. The van der Waals surface area contributed by atoms with E-state index in [-0.39, 0.29) is 0 Å². The van der Waals surface area contributed by atoms with Gasteiger partial charge < -0.3 is 0 Å². The molecule has 0 aromatic heterocycles. The third-order valence-corrected chi connectivity index (χ3v) is 6.01. The highest BCUT2D eigenvalue weighted by atomic mass is 32.2. The Morgan fingerprint density at radius 1 is 0.783 bits per heavy atom. The number of anilines is 1. The molecule has 0 heterocycles. The highest BCUT2D eigenvalue weighted by Gasteiger charge is 2.21. The fourth-order valence-electron chi connectivity index (χ4n) is 2.54. The van der Waals surface area contributed by atoms with Crippen LogP contribution in [0.2, 0.25) is 0 Å². The van der Waals surface area contributed by atoms with Crippen LogP contribution in [0, 0.1) is 13.8 Å². The summed E-state index contributed by atoms with van der Waals surface area (Å²) >= 11 is 0. The minimum atomic E-state index is -3.57. The standard InChI is InChI=1S/C19H19NO2S/c1-14-8-11-19(12-15(14)2)23(21,22)20(3)18-10-9-16-6-4-5-7-17(16)13-18/h4-13H,1-3H3. The first kappa shape index (κ1) is 15.6. The first-order valence-electron chi connectivity index (χ1n) is 7.44. The lowest BCUT2D eigenvalue weighted by molar-refractivity contribution is 0.594. The lowest BCUT2D eigenvalue weighted by atomic mass is 10.1. The van der Waals surface area contributed by atoms with Crippen molar-refractivity contribution < 1.29 is 8.42 Å². The Labute approximate surface area is 137 Å². The molecular formula is C19H19NO2S. The van der Waals surface area contributed by atoms with Gasteiger partial charge in [0.05, 0.1) is 10.6 Å². The van der Waals surface area contributed by atoms with Gasteiger partial charge in [-0.1, -0.05) is 36.4 Å². The average molecular weight is 325 g/mol. The Hall–Kier alpha value is -2.33. The van der Waals surface area contributed by atoms with Gasteiger partial charge in [0.15, 0.2) is 0 Å². The van der Waals surface area contributed by atoms with Crippen LogP contribution in [0.25, 0.3) is 10.8 Å². The molecule has 0 radical (unpaired) electrons. The van der Waals surface area contributed by atoms with Gasteiger partial charge in [-0.3, -0.25) is 4.31 Å². The van der Waals surface area contributed by atoms with Crippen LogP contribution >= 0.6 is 0 Å². The van der Waals surface area contributed by atoms with Crippen molar-refractivity contribution in [2.75, 3.05) is 11.4 Å². The highest BCUT2D eigenvalue weighted by Crippen LogP contribution is 2.26. The molecule has 0 saturated carbocycles. The van der Waals surface area contributed by atoms with E-state index in [1.807, 2.05) is 62.4 Å². The number of sulfonamides is 1. The molecule has 0 aliphatic carbocycles. The van der Waals surface area contributed by atoms with Gasteiger partial charge in [-0.2, -0.15) is 0 Å². The monoisotopic (exact) mass is 325 g/mol. The molecule has 0 amide bonds. The Kier molecular flexibility index (Phi) is 3.86. The number of hydrogen-bond acceptors (Lipinski definition) is 2. The van der Waals surface area contributed by atoms with E-state index in [4.69, 9.17) is 0 Å². The number of rotatable bonds is 3. The molecule has 23 heavy (non-hydrogen) atoms. The fourth-order valence-corrected chi connectivity index (χ4v) is 3.82. The zero-order valence-electron chi connectivity index (χ0n) is 13.4. The largest absolute Gasteiger partial charge is 0.269 e. The fraction of sp³-hybridized carbons (Fsp3) is 0.158. The predicted molar refractivity (Wildman–Crippen MR) is 95.5 cm³/mol. The SMILES string of the molecule is Cc1ccc(S(=O)(=O)N(C)c2ccc3ccccc3c2)cc1C. The Morgan fingerprint density at radius 2 is 1.48 bits per heavy atom. The van der Waals surface area contributed by atoms with E-state index >= 15 is 0 Å². The van der Waals surface area contributed by atoms with Gasteiger partial charge in [-0.15, -0.1) is 0 Å². The van der Waals surface area contributed by atoms with Crippen LogP contribution in [-0.2, 0) is 10.0 Å². The second-order valence-electron chi connectivity index (χ2n) is 5.75. The predicted octanol–water partition coefficient (Wildman–Crippen LogP) is 4.28. The number of aryl methyl sites for hydroxylation is 2. The lowest BCUT2D eigenvalue weighted by Crippen LogP contribution is -2.26. The van der Waals surface area contributed by atoms with Crippen molar-refractivity contribution in [2.45, 2.75) is 18.7 Å². The van der Waals surface area contributed by atoms with Crippen molar-refractivity contribution in [3.05, 3.63) is 71.8 Å². The summed E-state index contributed by atoms with van der Waals surface area (Å²) in [5, 5.41) is 2.11. The molecule has 0 aliphatic rings. The van der Waals surface area contributed by atoms with Crippen molar-refractivity contribution in [1.29, 1.82) is 0 Å². The van der Waals surface area contributed by atoms with E-state index in [0.29, 0.717) is 10.6 Å². The van der Waals surface area contributed by atoms with Gasteiger partial charge in [0, 0.05) is 7.05 Å². The van der Waals surface area contributed by atoms with E-state index in [1.54, 1.807) is 19.2 Å². The van der Waals surface area contributed by atoms with Crippen LogP contribution < -0.4 is 4.31 Å². The van der Waals surface area contributed by atoms with Crippen molar-refractivity contribution in [2.24, 2.45) is 0 Å². The van der Waals surface area contributed by atoms with Gasteiger partial charge in [0.1, 0.15) is 0 Å². The van der Waals surface area contributed by atoms with E-state index in [0.717, 1.165) is 21.9 Å². The quantitative estimate of drug-likeness (QED) is 0.721. The molecule has 0 bridgehead atoms. The maximum absolute atomic E-state index is 12.9. The van der Waals surface area contributed by atoms with Crippen LogP contribution in [0.15, 0.2) is 65.6 Å². The number of hydrogen-bond donors (Lipinski definition) is 0.